The van der Waals surface area contributed by atoms with Gasteiger partial charge in [-0.1, -0.05) is 19.1 Å². The zero-order valence-electron chi connectivity index (χ0n) is 13.9. The molecule has 1 aromatic carbocycles. The second-order valence-corrected chi connectivity index (χ2v) is 5.90. The van der Waals surface area contributed by atoms with Crippen molar-refractivity contribution in [2.24, 2.45) is 0 Å². The van der Waals surface area contributed by atoms with Crippen molar-refractivity contribution < 1.29 is 9.72 Å². The van der Waals surface area contributed by atoms with Gasteiger partial charge in [0.15, 0.2) is 0 Å². The number of likely N-dealkylation sites (N-methyl/N-ethyl adjacent to an activating group) is 1. The first-order valence-corrected chi connectivity index (χ1v) is 7.95. The summed E-state index contributed by atoms with van der Waals surface area (Å²) in [6, 6.07) is 4.69. The number of benzene rings is 1. The maximum atomic E-state index is 12.3. The molecule has 0 unspecified atom stereocenters. The molecule has 0 spiro atoms. The summed E-state index contributed by atoms with van der Waals surface area (Å²) in [6.07, 6.45) is 0. The highest BCUT2D eigenvalue weighted by atomic mass is 16.6. The summed E-state index contributed by atoms with van der Waals surface area (Å²) in [6.45, 7) is 9.84. The summed E-state index contributed by atoms with van der Waals surface area (Å²) in [5.41, 5.74) is 1.44. The summed E-state index contributed by atoms with van der Waals surface area (Å²) in [4.78, 5) is 27.1. The third kappa shape index (κ3) is 4.19. The Balaban J connectivity index is 1.99. The number of piperazine rings is 1. The van der Waals surface area contributed by atoms with E-state index in [9.17, 15) is 14.9 Å². The first kappa shape index (κ1) is 17.2. The van der Waals surface area contributed by atoms with E-state index in [1.54, 1.807) is 17.9 Å². The number of nitro benzene ring substituents is 1. The minimum atomic E-state index is -0.392. The van der Waals surface area contributed by atoms with Gasteiger partial charge in [-0.2, -0.15) is 0 Å². The molecule has 0 aromatic heterocycles. The molecule has 2 rings (SSSR count). The van der Waals surface area contributed by atoms with Crippen molar-refractivity contribution in [2.75, 3.05) is 32.7 Å². The third-order valence-corrected chi connectivity index (χ3v) is 4.38. The molecule has 2 amide bonds. The van der Waals surface area contributed by atoms with Crippen LogP contribution in [0.4, 0.5) is 10.5 Å². The minimum Gasteiger partial charge on any atom is -0.331 e. The molecule has 1 aromatic rings. The van der Waals surface area contributed by atoms with Crippen molar-refractivity contribution in [3.8, 4) is 0 Å². The van der Waals surface area contributed by atoms with Crippen LogP contribution in [0.25, 0.3) is 0 Å². The van der Waals surface area contributed by atoms with Crippen LogP contribution < -0.4 is 5.32 Å². The average molecular weight is 320 g/mol. The second-order valence-electron chi connectivity index (χ2n) is 5.90. The van der Waals surface area contributed by atoms with Crippen molar-refractivity contribution in [3.05, 3.63) is 39.4 Å². The highest BCUT2D eigenvalue weighted by molar-refractivity contribution is 5.74. The fourth-order valence-electron chi connectivity index (χ4n) is 2.72. The van der Waals surface area contributed by atoms with Gasteiger partial charge in [0.05, 0.1) is 11.0 Å². The van der Waals surface area contributed by atoms with E-state index in [2.05, 4.69) is 17.1 Å². The highest BCUT2D eigenvalue weighted by Crippen LogP contribution is 2.23. The Morgan fingerprint density at radius 1 is 1.35 bits per heavy atom. The van der Waals surface area contributed by atoms with Crippen LogP contribution in [-0.2, 0) is 0 Å². The molecule has 1 heterocycles. The minimum absolute atomic E-state index is 0.0835. The lowest BCUT2D eigenvalue weighted by Gasteiger charge is -2.34. The summed E-state index contributed by atoms with van der Waals surface area (Å²) < 4.78 is 0. The number of carbonyl (C=O) groups is 1. The number of nitrogens with zero attached hydrogens (tertiary/aromatic N) is 3. The Morgan fingerprint density at radius 2 is 2.00 bits per heavy atom. The maximum Gasteiger partial charge on any atom is 0.317 e. The summed E-state index contributed by atoms with van der Waals surface area (Å²) in [5.74, 6) is 0. The molecule has 126 valence electrons. The third-order valence-electron chi connectivity index (χ3n) is 4.38. The Morgan fingerprint density at radius 3 is 2.57 bits per heavy atom. The standard InChI is InChI=1S/C16H24N4O3/c1-4-18-7-9-19(10-8-18)16(21)17-13(3)14-6-5-12(2)15(11-14)20(22)23/h5-6,11,13H,4,7-10H2,1-3H3,(H,17,21)/t13-/m0/s1. The predicted octanol–water partition coefficient (Wildman–Crippen LogP) is 2.31. The topological polar surface area (TPSA) is 78.7 Å². The fourth-order valence-corrected chi connectivity index (χ4v) is 2.72. The number of aryl methyl sites for hydroxylation is 1. The van der Waals surface area contributed by atoms with E-state index in [1.165, 1.54) is 6.07 Å². The van der Waals surface area contributed by atoms with Crippen molar-refractivity contribution >= 4 is 11.7 Å². The Labute approximate surface area is 136 Å². The van der Waals surface area contributed by atoms with E-state index >= 15 is 0 Å². The highest BCUT2D eigenvalue weighted by Gasteiger charge is 2.22. The molecule has 1 N–H and O–H groups in total. The summed E-state index contributed by atoms with van der Waals surface area (Å²) >= 11 is 0. The fraction of sp³-hybridized carbons (Fsp3) is 0.562. The van der Waals surface area contributed by atoms with E-state index in [0.717, 1.165) is 25.2 Å². The number of carbonyl (C=O) groups excluding carboxylic acids is 1. The van der Waals surface area contributed by atoms with Gasteiger partial charge in [0.2, 0.25) is 0 Å². The lowest BCUT2D eigenvalue weighted by Crippen LogP contribution is -2.51. The van der Waals surface area contributed by atoms with Crippen LogP contribution in [0, 0.1) is 17.0 Å². The molecular weight excluding hydrogens is 296 g/mol. The van der Waals surface area contributed by atoms with Crippen molar-refractivity contribution in [1.29, 1.82) is 0 Å². The largest absolute Gasteiger partial charge is 0.331 e. The molecule has 1 aliphatic rings. The quantitative estimate of drug-likeness (QED) is 0.682. The van der Waals surface area contributed by atoms with E-state index in [1.807, 2.05) is 13.0 Å². The van der Waals surface area contributed by atoms with Crippen LogP contribution in [0.15, 0.2) is 18.2 Å². The first-order valence-electron chi connectivity index (χ1n) is 7.95. The smallest absolute Gasteiger partial charge is 0.317 e. The van der Waals surface area contributed by atoms with Gasteiger partial charge >= 0.3 is 6.03 Å². The molecule has 0 aliphatic carbocycles. The molecule has 1 aliphatic heterocycles. The Kier molecular flexibility index (Phi) is 5.54. The molecule has 1 saturated heterocycles. The number of hydrogen-bond acceptors (Lipinski definition) is 4. The van der Waals surface area contributed by atoms with E-state index in [-0.39, 0.29) is 17.8 Å². The SMILES string of the molecule is CCN1CCN(C(=O)N[C@@H](C)c2ccc(C)c([N+](=O)[O-])c2)CC1. The van der Waals surface area contributed by atoms with Crippen LogP contribution in [0.3, 0.4) is 0 Å². The number of nitro groups is 1. The van der Waals surface area contributed by atoms with Gasteiger partial charge in [0, 0.05) is 37.8 Å². The number of amides is 2. The van der Waals surface area contributed by atoms with E-state index < -0.39 is 4.92 Å². The van der Waals surface area contributed by atoms with Crippen LogP contribution >= 0.6 is 0 Å². The number of rotatable bonds is 4. The molecule has 0 bridgehead atoms. The van der Waals surface area contributed by atoms with Crippen molar-refractivity contribution in [2.45, 2.75) is 26.8 Å². The zero-order valence-corrected chi connectivity index (χ0v) is 13.9. The van der Waals surface area contributed by atoms with Crippen LogP contribution in [0.1, 0.15) is 31.0 Å². The van der Waals surface area contributed by atoms with Gasteiger partial charge in [-0.3, -0.25) is 10.1 Å². The first-order chi connectivity index (χ1) is 10.9. The number of urea groups is 1. The summed E-state index contributed by atoms with van der Waals surface area (Å²) in [7, 11) is 0. The van der Waals surface area contributed by atoms with Crippen LogP contribution in [0.5, 0.6) is 0 Å². The normalized spacial score (nSPS) is 16.9. The van der Waals surface area contributed by atoms with Crippen molar-refractivity contribution in [3.63, 3.8) is 0 Å². The predicted molar refractivity (Wildman–Crippen MR) is 88.5 cm³/mol. The van der Waals surface area contributed by atoms with Gasteiger partial charge < -0.3 is 15.1 Å². The van der Waals surface area contributed by atoms with Gasteiger partial charge in [0.25, 0.3) is 5.69 Å². The molecule has 1 atom stereocenters. The van der Waals surface area contributed by atoms with E-state index in [0.29, 0.717) is 18.7 Å². The Hall–Kier alpha value is -2.15. The Bertz CT molecular complexity index is 583. The molecule has 7 heteroatoms. The number of nitrogens with one attached hydrogen (secondary N) is 1. The van der Waals surface area contributed by atoms with Gasteiger partial charge in [0.1, 0.15) is 0 Å². The van der Waals surface area contributed by atoms with Gasteiger partial charge in [-0.25, -0.2) is 4.79 Å². The average Bonchev–Trinajstić information content (AvgIpc) is 2.54. The molecule has 0 radical (unpaired) electrons. The molecule has 7 nitrogen and oxygen atoms in total. The van der Waals surface area contributed by atoms with E-state index in [4.69, 9.17) is 0 Å². The molecular formula is C16H24N4O3. The second kappa shape index (κ2) is 7.41. The number of hydrogen-bond donors (Lipinski definition) is 1. The van der Waals surface area contributed by atoms with Crippen LogP contribution in [-0.4, -0.2) is 53.5 Å². The maximum absolute atomic E-state index is 12.3. The molecule has 1 fully saturated rings. The monoisotopic (exact) mass is 320 g/mol. The van der Waals surface area contributed by atoms with Gasteiger partial charge in [-0.05, 0) is 26.0 Å². The lowest BCUT2D eigenvalue weighted by molar-refractivity contribution is -0.385. The zero-order chi connectivity index (χ0) is 17.0. The lowest BCUT2D eigenvalue weighted by atomic mass is 10.0. The van der Waals surface area contributed by atoms with Crippen molar-refractivity contribution in [1.82, 2.24) is 15.1 Å². The summed E-state index contributed by atoms with van der Waals surface area (Å²) in [5, 5.41) is 14.0. The molecule has 23 heavy (non-hydrogen) atoms. The molecule has 0 saturated carbocycles. The van der Waals surface area contributed by atoms with Gasteiger partial charge in [-0.15, -0.1) is 0 Å². The van der Waals surface area contributed by atoms with Crippen LogP contribution in [0.2, 0.25) is 0 Å².